The third-order valence-corrected chi connectivity index (χ3v) is 10.8. The van der Waals surface area contributed by atoms with Crippen molar-refractivity contribution in [1.82, 2.24) is 4.90 Å². The lowest BCUT2D eigenvalue weighted by Gasteiger charge is -2.23. The van der Waals surface area contributed by atoms with Crippen molar-refractivity contribution in [2.75, 3.05) is 31.5 Å². The van der Waals surface area contributed by atoms with E-state index in [0.29, 0.717) is 24.2 Å². The van der Waals surface area contributed by atoms with Gasteiger partial charge in [0, 0.05) is 18.5 Å². The molecule has 1 unspecified atom stereocenters. The number of aliphatic hydroxyl groups excluding tert-OH is 1. The van der Waals surface area contributed by atoms with E-state index in [9.17, 15) is 19.5 Å². The van der Waals surface area contributed by atoms with Crippen LogP contribution in [-0.2, 0) is 16.0 Å². The van der Waals surface area contributed by atoms with E-state index < -0.39 is 12.3 Å². The van der Waals surface area contributed by atoms with Gasteiger partial charge in [0.2, 0.25) is 10.9 Å². The van der Waals surface area contributed by atoms with Gasteiger partial charge in [0.05, 0.1) is 11.8 Å². The third-order valence-electron chi connectivity index (χ3n) is 10.8. The van der Waals surface area contributed by atoms with Gasteiger partial charge in [-0.3, -0.25) is 14.4 Å². The molecule has 1 atom stereocenters. The third kappa shape index (κ3) is 26.7. The molecule has 3 N–H and O–H groups in total. The zero-order chi connectivity index (χ0) is 39.5. The van der Waals surface area contributed by atoms with Gasteiger partial charge < -0.3 is 25.2 Å². The van der Waals surface area contributed by atoms with E-state index in [2.05, 4.69) is 37.1 Å². The summed E-state index contributed by atoms with van der Waals surface area (Å²) in [7, 11) is 0. The molecular weight excluding hydrogens is 677 g/mol. The maximum absolute atomic E-state index is 12.2. The maximum Gasteiger partial charge on any atom is 0.303 e. The van der Waals surface area contributed by atoms with Crippen LogP contribution in [0.15, 0.2) is 21.7 Å². The number of carboxylic acids is 1. The smallest absolute Gasteiger partial charge is 0.303 e. The average molecular weight is 761 g/mol. The molecule has 0 spiro atoms. The summed E-state index contributed by atoms with van der Waals surface area (Å²) in [5.41, 5.74) is 0.402. The highest BCUT2D eigenvalue weighted by Crippen LogP contribution is 2.20. The second-order valence-electron chi connectivity index (χ2n) is 15.9. The van der Waals surface area contributed by atoms with E-state index in [4.69, 9.17) is 9.84 Å². The van der Waals surface area contributed by atoms with Crippen LogP contribution in [0, 0.1) is 0 Å². The van der Waals surface area contributed by atoms with Crippen LogP contribution >= 0.6 is 0 Å². The summed E-state index contributed by atoms with van der Waals surface area (Å²) < 4.78 is 6.24. The molecule has 0 aromatic heterocycles. The lowest BCUT2D eigenvalue weighted by molar-refractivity contribution is -0.144. The fourth-order valence-corrected chi connectivity index (χ4v) is 7.36. The Morgan fingerprint density at radius 3 is 1.69 bits per heavy atom. The van der Waals surface area contributed by atoms with Crippen molar-refractivity contribution in [3.8, 4) is 0 Å². The summed E-state index contributed by atoms with van der Waals surface area (Å²) >= 11 is 0. The quantitative estimate of drug-likeness (QED) is 0.0261. The van der Waals surface area contributed by atoms with Gasteiger partial charge in [-0.25, -0.2) is 0 Å². The van der Waals surface area contributed by atoms with E-state index in [1.165, 1.54) is 77.0 Å². The average Bonchev–Trinajstić information content (AvgIpc) is 3.16. The molecule has 8 heteroatoms. The van der Waals surface area contributed by atoms with E-state index in [-0.39, 0.29) is 23.4 Å². The largest absolute Gasteiger partial charge is 0.481 e. The lowest BCUT2D eigenvalue weighted by atomic mass is 10.0. The highest BCUT2D eigenvalue weighted by Gasteiger charge is 2.19. The maximum atomic E-state index is 12.2. The van der Waals surface area contributed by atoms with Crippen molar-refractivity contribution in [1.29, 1.82) is 0 Å². The Kier molecular flexibility index (Phi) is 32.8. The number of aliphatic hydroxyl groups is 1. The first kappa shape index (κ1) is 50.0. The predicted octanol–water partition coefficient (Wildman–Crippen LogP) is 11.3. The van der Waals surface area contributed by atoms with Crippen LogP contribution in [0.1, 0.15) is 213 Å². The number of hydrogen-bond donors (Lipinski definition) is 3. The molecule has 0 saturated carbocycles. The number of carboxylic acid groups (broad SMARTS) is 1. The molecular formula is C46H84N2O6. The number of carbonyl (C=O) groups is 1. The minimum Gasteiger partial charge on any atom is -0.481 e. The second kappa shape index (κ2) is 35.4. The molecule has 0 saturated heterocycles. The Hall–Kier alpha value is -2.03. The highest BCUT2D eigenvalue weighted by atomic mass is 16.6. The van der Waals surface area contributed by atoms with E-state index in [0.717, 1.165) is 122 Å². The van der Waals surface area contributed by atoms with Crippen LogP contribution in [-0.4, -0.2) is 59.7 Å². The highest BCUT2D eigenvalue weighted by molar-refractivity contribution is 5.66. The Morgan fingerprint density at radius 1 is 0.630 bits per heavy atom. The van der Waals surface area contributed by atoms with Crippen molar-refractivity contribution >= 4 is 11.7 Å². The molecule has 1 aromatic rings. The number of nitrogens with one attached hydrogen (secondary N) is 1. The molecule has 314 valence electrons. The molecule has 8 nitrogen and oxygen atoms in total. The molecule has 1 aromatic carbocycles. The number of aliphatic carboxylic acids is 1. The van der Waals surface area contributed by atoms with Gasteiger partial charge in [0.1, 0.15) is 0 Å². The molecule has 0 aliphatic rings. The molecule has 0 radical (unpaired) electrons. The zero-order valence-electron chi connectivity index (χ0n) is 35.3. The van der Waals surface area contributed by atoms with E-state index in [1.54, 1.807) is 0 Å². The Bertz CT molecular complexity index is 1100. The van der Waals surface area contributed by atoms with Gasteiger partial charge in [0.25, 0.3) is 0 Å². The van der Waals surface area contributed by atoms with Gasteiger partial charge in [-0.2, -0.15) is 0 Å². The van der Waals surface area contributed by atoms with Crippen molar-refractivity contribution in [2.24, 2.45) is 0 Å². The minimum absolute atomic E-state index is 0.187. The first-order valence-corrected chi connectivity index (χ1v) is 22.8. The molecule has 0 heterocycles. The first-order valence-electron chi connectivity index (χ1n) is 22.8. The van der Waals surface area contributed by atoms with Crippen LogP contribution in [0.2, 0.25) is 0 Å². The van der Waals surface area contributed by atoms with Gasteiger partial charge >= 0.3 is 5.97 Å². The lowest BCUT2D eigenvalue weighted by Crippen LogP contribution is -2.39. The zero-order valence-corrected chi connectivity index (χ0v) is 35.3. The second-order valence-corrected chi connectivity index (χ2v) is 15.9. The van der Waals surface area contributed by atoms with Crippen LogP contribution in [0.4, 0.5) is 5.69 Å². The van der Waals surface area contributed by atoms with Crippen molar-refractivity contribution in [3.05, 3.63) is 38.2 Å². The molecule has 54 heavy (non-hydrogen) atoms. The number of rotatable bonds is 41. The standard InChI is InChI=1S/C46H84N2O6/c1-4-7-10-13-17-23-31-40(32-24-18-14-11-8-5-2)54-43(51)35-27-20-16-22-29-38-48(37-28-21-15-19-26-34-42(49)50)39-30-36-47-44-41(45(52)46(44)53)33-25-12-9-6-3/h12,25,40,43,47,51H,4-11,13-24,26-39H2,1-3H3,(H,49,50)/b25-12+. The summed E-state index contributed by atoms with van der Waals surface area (Å²) in [6.45, 7) is 10.3. The SMILES string of the molecule is CCC/C=C/Cc1c(NCCCN(CCCCCCCC(=O)O)CCCCCCCC(O)OC(CCCCCCCC)CCCCCCCC)c(=O)c1=O. The predicted molar refractivity (Wildman–Crippen MR) is 229 cm³/mol. The first-order chi connectivity index (χ1) is 26.3. The molecule has 0 fully saturated rings. The van der Waals surface area contributed by atoms with Gasteiger partial charge in [-0.15, -0.1) is 0 Å². The van der Waals surface area contributed by atoms with E-state index in [1.807, 2.05) is 6.08 Å². The van der Waals surface area contributed by atoms with E-state index >= 15 is 0 Å². The Labute approximate surface area is 331 Å². The molecule has 0 amide bonds. The summed E-state index contributed by atoms with van der Waals surface area (Å²) in [5.74, 6) is -0.714. The summed E-state index contributed by atoms with van der Waals surface area (Å²) in [6.07, 6.45) is 36.2. The van der Waals surface area contributed by atoms with Crippen molar-refractivity contribution in [3.63, 3.8) is 0 Å². The molecule has 1 rings (SSSR count). The number of nitrogens with zero attached hydrogens (tertiary/aromatic N) is 1. The molecule has 0 bridgehead atoms. The van der Waals surface area contributed by atoms with Crippen molar-refractivity contribution in [2.45, 2.75) is 226 Å². The minimum atomic E-state index is -0.714. The molecule has 0 aliphatic carbocycles. The summed E-state index contributed by atoms with van der Waals surface area (Å²) in [5, 5.41) is 22.9. The van der Waals surface area contributed by atoms with Gasteiger partial charge in [0.15, 0.2) is 6.29 Å². The van der Waals surface area contributed by atoms with Crippen LogP contribution < -0.4 is 16.2 Å². The topological polar surface area (TPSA) is 116 Å². The summed E-state index contributed by atoms with van der Waals surface area (Å²) in [6, 6.07) is 0. The fraction of sp³-hybridized carbons (Fsp3) is 0.848. The van der Waals surface area contributed by atoms with Crippen molar-refractivity contribution < 1.29 is 19.7 Å². The van der Waals surface area contributed by atoms with Crippen LogP contribution in [0.25, 0.3) is 0 Å². The normalized spacial score (nSPS) is 12.6. The van der Waals surface area contributed by atoms with Crippen LogP contribution in [0.5, 0.6) is 0 Å². The monoisotopic (exact) mass is 761 g/mol. The number of anilines is 1. The Balaban J connectivity index is 2.43. The number of unbranched alkanes of at least 4 members (excludes halogenated alkanes) is 19. The van der Waals surface area contributed by atoms with Gasteiger partial charge in [-0.1, -0.05) is 155 Å². The summed E-state index contributed by atoms with van der Waals surface area (Å²) in [4.78, 5) is 37.6. The Morgan fingerprint density at radius 2 is 1.13 bits per heavy atom. The van der Waals surface area contributed by atoms with Gasteiger partial charge in [-0.05, 0) is 83.8 Å². The number of hydrogen-bond acceptors (Lipinski definition) is 7. The number of ether oxygens (including phenoxy) is 1. The van der Waals surface area contributed by atoms with Crippen LogP contribution in [0.3, 0.4) is 0 Å². The fourth-order valence-electron chi connectivity index (χ4n) is 7.36. The number of allylic oxidation sites excluding steroid dienone is 2. The molecule has 0 aliphatic heterocycles.